The van der Waals surface area contributed by atoms with E-state index in [4.69, 9.17) is 0 Å². The molecule has 0 aliphatic rings. The summed E-state index contributed by atoms with van der Waals surface area (Å²) in [5, 5.41) is 17.7. The van der Waals surface area contributed by atoms with Crippen LogP contribution in [0.25, 0.3) is 11.1 Å². The summed E-state index contributed by atoms with van der Waals surface area (Å²) in [5.41, 5.74) is 3.63. The van der Waals surface area contributed by atoms with Crippen LogP contribution in [0.3, 0.4) is 0 Å². The molecule has 0 bridgehead atoms. The van der Waals surface area contributed by atoms with E-state index in [-0.39, 0.29) is 25.3 Å². The zero-order valence-corrected chi connectivity index (χ0v) is 19.5. The van der Waals surface area contributed by atoms with Gasteiger partial charge in [0, 0.05) is 31.6 Å². The molecule has 4 N–H and O–H groups in total. The number of hydrogen-bond donors (Lipinski definition) is 4. The largest absolute Gasteiger partial charge is 0.481 e. The fourth-order valence-corrected chi connectivity index (χ4v) is 3.48. The number of carbonyl (C=O) groups is 3. The maximum Gasteiger partial charge on any atom is 0.305 e. The lowest BCUT2D eigenvalue weighted by atomic mass is 9.99. The van der Waals surface area contributed by atoms with Gasteiger partial charge in [0.15, 0.2) is 0 Å². The molecule has 182 valence electrons. The summed E-state index contributed by atoms with van der Waals surface area (Å²) in [7, 11) is 0. The zero-order valence-electron chi connectivity index (χ0n) is 19.5. The predicted octanol–water partition coefficient (Wildman–Crippen LogP) is 3.09. The van der Waals surface area contributed by atoms with Crippen molar-refractivity contribution >= 4 is 23.6 Å². The van der Waals surface area contributed by atoms with E-state index in [0.29, 0.717) is 18.5 Å². The highest BCUT2D eigenvalue weighted by molar-refractivity contribution is 5.85. The molecule has 1 aromatic carbocycles. The number of anilines is 1. The van der Waals surface area contributed by atoms with Crippen LogP contribution in [0.4, 0.5) is 5.82 Å². The van der Waals surface area contributed by atoms with Crippen molar-refractivity contribution in [3.63, 3.8) is 0 Å². The molecule has 0 saturated heterocycles. The Morgan fingerprint density at radius 2 is 1.80 bits per heavy atom. The molecule has 0 saturated carbocycles. The van der Waals surface area contributed by atoms with E-state index in [9.17, 15) is 19.5 Å². The number of aryl methyl sites for hydroxylation is 1. The van der Waals surface area contributed by atoms with Gasteiger partial charge in [-0.15, -0.1) is 0 Å². The van der Waals surface area contributed by atoms with Crippen LogP contribution >= 0.6 is 0 Å². The first-order valence-corrected chi connectivity index (χ1v) is 11.4. The lowest BCUT2D eigenvalue weighted by Gasteiger charge is -2.18. The normalized spacial score (nSPS) is 11.3. The van der Waals surface area contributed by atoms with E-state index < -0.39 is 17.9 Å². The molecule has 3 aromatic rings. The minimum atomic E-state index is -1.04. The van der Waals surface area contributed by atoms with Gasteiger partial charge in [0.2, 0.25) is 11.8 Å². The Morgan fingerprint density at radius 1 is 1.00 bits per heavy atom. The Kier molecular flexibility index (Phi) is 9.30. The Balaban J connectivity index is 1.45. The molecule has 2 aromatic heterocycles. The van der Waals surface area contributed by atoms with Crippen molar-refractivity contribution in [3.05, 3.63) is 78.2 Å². The summed E-state index contributed by atoms with van der Waals surface area (Å²) in [6.07, 6.45) is 5.70. The highest BCUT2D eigenvalue weighted by Crippen LogP contribution is 2.23. The third-order valence-corrected chi connectivity index (χ3v) is 5.27. The number of amides is 2. The third kappa shape index (κ3) is 8.54. The third-order valence-electron chi connectivity index (χ3n) is 5.27. The molecule has 9 heteroatoms. The average molecular weight is 476 g/mol. The Hall–Kier alpha value is -4.27. The number of nitrogens with one attached hydrogen (secondary N) is 3. The molecular weight excluding hydrogens is 446 g/mol. The SMILES string of the molecule is Cc1ccnc(NCCCC(=O)NCC(=O)NC(CC(=O)O)c2ccc(-c3cccnc3)cc2)c1. The monoisotopic (exact) mass is 475 g/mol. The van der Waals surface area contributed by atoms with E-state index in [1.807, 2.05) is 43.3 Å². The molecule has 3 rings (SSSR count). The van der Waals surface area contributed by atoms with Crippen LogP contribution in [0.2, 0.25) is 0 Å². The molecule has 2 amide bonds. The Labute approximate surface area is 204 Å². The first-order valence-electron chi connectivity index (χ1n) is 11.4. The maximum atomic E-state index is 12.4. The van der Waals surface area contributed by atoms with Crippen LogP contribution < -0.4 is 16.0 Å². The summed E-state index contributed by atoms with van der Waals surface area (Å²) < 4.78 is 0. The first-order chi connectivity index (χ1) is 16.9. The van der Waals surface area contributed by atoms with Crippen molar-refractivity contribution in [2.45, 2.75) is 32.2 Å². The highest BCUT2D eigenvalue weighted by atomic mass is 16.4. The number of aromatic nitrogens is 2. The minimum Gasteiger partial charge on any atom is -0.481 e. The van der Waals surface area contributed by atoms with E-state index in [0.717, 1.165) is 22.5 Å². The summed E-state index contributed by atoms with van der Waals surface area (Å²) in [5.74, 6) is -0.994. The quantitative estimate of drug-likeness (QED) is 0.296. The number of carboxylic acids is 1. The van der Waals surface area contributed by atoms with Crippen LogP contribution in [0.15, 0.2) is 67.1 Å². The van der Waals surface area contributed by atoms with Gasteiger partial charge < -0.3 is 21.1 Å². The van der Waals surface area contributed by atoms with Gasteiger partial charge in [0.25, 0.3) is 0 Å². The van der Waals surface area contributed by atoms with Gasteiger partial charge in [-0.3, -0.25) is 19.4 Å². The Morgan fingerprint density at radius 3 is 2.49 bits per heavy atom. The number of benzene rings is 1. The predicted molar refractivity (Wildman–Crippen MR) is 133 cm³/mol. The first kappa shape index (κ1) is 25.4. The van der Waals surface area contributed by atoms with Gasteiger partial charge in [-0.1, -0.05) is 30.3 Å². The lowest BCUT2D eigenvalue weighted by Crippen LogP contribution is -2.39. The molecule has 0 spiro atoms. The van der Waals surface area contributed by atoms with Gasteiger partial charge in [-0.2, -0.15) is 0 Å². The molecule has 0 radical (unpaired) electrons. The number of hydrogen-bond acceptors (Lipinski definition) is 6. The van der Waals surface area contributed by atoms with Gasteiger partial charge >= 0.3 is 5.97 Å². The second-order valence-corrected chi connectivity index (χ2v) is 8.11. The molecule has 1 atom stereocenters. The average Bonchev–Trinajstić information content (AvgIpc) is 2.85. The van der Waals surface area contributed by atoms with Crippen LogP contribution in [0, 0.1) is 6.92 Å². The van der Waals surface area contributed by atoms with Crippen molar-refractivity contribution in [3.8, 4) is 11.1 Å². The molecule has 2 heterocycles. The second-order valence-electron chi connectivity index (χ2n) is 8.11. The van der Waals surface area contributed by atoms with E-state index in [1.54, 1.807) is 30.7 Å². The van der Waals surface area contributed by atoms with E-state index in [1.165, 1.54) is 0 Å². The van der Waals surface area contributed by atoms with Crippen LogP contribution in [-0.4, -0.2) is 45.9 Å². The van der Waals surface area contributed by atoms with Crippen molar-refractivity contribution in [1.82, 2.24) is 20.6 Å². The minimum absolute atomic E-state index is 0.227. The summed E-state index contributed by atoms with van der Waals surface area (Å²) >= 11 is 0. The molecule has 35 heavy (non-hydrogen) atoms. The number of nitrogens with zero attached hydrogens (tertiary/aromatic N) is 2. The van der Waals surface area contributed by atoms with E-state index in [2.05, 4.69) is 25.9 Å². The lowest BCUT2D eigenvalue weighted by molar-refractivity contribution is -0.138. The van der Waals surface area contributed by atoms with Gasteiger partial charge in [0.05, 0.1) is 19.0 Å². The van der Waals surface area contributed by atoms with Gasteiger partial charge in [-0.05, 0) is 53.8 Å². The molecule has 0 aliphatic heterocycles. The summed E-state index contributed by atoms with van der Waals surface area (Å²) in [6.45, 7) is 2.32. The van der Waals surface area contributed by atoms with Crippen molar-refractivity contribution in [2.75, 3.05) is 18.4 Å². The van der Waals surface area contributed by atoms with Gasteiger partial charge in [-0.25, -0.2) is 4.98 Å². The number of carbonyl (C=O) groups excluding carboxylic acids is 2. The molecule has 9 nitrogen and oxygen atoms in total. The van der Waals surface area contributed by atoms with Crippen molar-refractivity contribution < 1.29 is 19.5 Å². The van der Waals surface area contributed by atoms with Crippen molar-refractivity contribution in [1.29, 1.82) is 0 Å². The zero-order chi connectivity index (χ0) is 25.0. The van der Waals surface area contributed by atoms with Crippen LogP contribution in [0.5, 0.6) is 0 Å². The number of rotatable bonds is 12. The molecule has 0 fully saturated rings. The molecular formula is C26H29N5O4. The highest BCUT2D eigenvalue weighted by Gasteiger charge is 2.18. The van der Waals surface area contributed by atoms with Crippen molar-refractivity contribution in [2.24, 2.45) is 0 Å². The fourth-order valence-electron chi connectivity index (χ4n) is 3.48. The molecule has 1 unspecified atom stereocenters. The number of carboxylic acid groups (broad SMARTS) is 1. The van der Waals surface area contributed by atoms with Crippen LogP contribution in [-0.2, 0) is 14.4 Å². The molecule has 0 aliphatic carbocycles. The standard InChI is InChI=1S/C26H29N5O4/c1-18-10-13-29-23(14-18)28-12-3-5-24(32)30-17-25(33)31-22(15-26(34)35)20-8-6-19(7-9-20)21-4-2-11-27-16-21/h2,4,6-11,13-14,16,22H,3,5,12,15,17H2,1H3,(H,28,29)(H,30,32)(H,31,33)(H,34,35). The smallest absolute Gasteiger partial charge is 0.305 e. The summed E-state index contributed by atoms with van der Waals surface area (Å²) in [6, 6.07) is 14.2. The second kappa shape index (κ2) is 12.8. The van der Waals surface area contributed by atoms with E-state index >= 15 is 0 Å². The number of pyridine rings is 2. The topological polar surface area (TPSA) is 133 Å². The van der Waals surface area contributed by atoms with Gasteiger partial charge in [0.1, 0.15) is 5.82 Å². The Bertz CT molecular complexity index is 1140. The summed E-state index contributed by atoms with van der Waals surface area (Å²) in [4.78, 5) is 44.1. The number of aliphatic carboxylic acids is 1. The van der Waals surface area contributed by atoms with Crippen LogP contribution in [0.1, 0.15) is 36.4 Å². The maximum absolute atomic E-state index is 12.4. The fraction of sp³-hybridized carbons (Fsp3) is 0.269.